The number of hydrogen-bond acceptors (Lipinski definition) is 2. The van der Waals surface area contributed by atoms with Gasteiger partial charge in [-0.25, -0.2) is 4.98 Å². The molecule has 0 unspecified atom stereocenters. The van der Waals surface area contributed by atoms with Gasteiger partial charge in [-0.05, 0) is 19.1 Å². The van der Waals surface area contributed by atoms with Crippen LogP contribution in [0.1, 0.15) is 12.5 Å². The van der Waals surface area contributed by atoms with Crippen molar-refractivity contribution >= 4 is 17.7 Å². The van der Waals surface area contributed by atoms with Gasteiger partial charge in [-0.15, -0.1) is 0 Å². The van der Waals surface area contributed by atoms with Crippen LogP contribution >= 0.6 is 11.6 Å². The molecule has 0 saturated heterocycles. The van der Waals surface area contributed by atoms with Crippen molar-refractivity contribution < 1.29 is 4.74 Å². The van der Waals surface area contributed by atoms with Crippen LogP contribution in [-0.2, 0) is 4.74 Å². The van der Waals surface area contributed by atoms with Crippen molar-refractivity contribution in [2.24, 2.45) is 0 Å². The molecule has 64 valence electrons. The molecule has 0 N–H and O–H groups in total. The highest BCUT2D eigenvalue weighted by molar-refractivity contribution is 6.30. The molecule has 0 amide bonds. The quantitative estimate of drug-likeness (QED) is 0.531. The van der Waals surface area contributed by atoms with Gasteiger partial charge in [0.05, 0.1) is 12.9 Å². The molecule has 0 aliphatic heterocycles. The van der Waals surface area contributed by atoms with E-state index in [1.807, 2.05) is 19.1 Å². The highest BCUT2D eigenvalue weighted by atomic mass is 35.5. The van der Waals surface area contributed by atoms with Gasteiger partial charge in [-0.1, -0.05) is 17.7 Å². The van der Waals surface area contributed by atoms with E-state index < -0.39 is 0 Å². The second-order valence-corrected chi connectivity index (χ2v) is 2.50. The number of rotatable bonds is 3. The van der Waals surface area contributed by atoms with Crippen molar-refractivity contribution in [3.63, 3.8) is 0 Å². The summed E-state index contributed by atoms with van der Waals surface area (Å²) in [5.74, 6) is 0. The number of ether oxygens (including phenoxy) is 1. The van der Waals surface area contributed by atoms with E-state index in [0.29, 0.717) is 11.8 Å². The first-order valence-electron chi connectivity index (χ1n) is 3.73. The Labute approximate surface area is 76.8 Å². The van der Waals surface area contributed by atoms with Crippen LogP contribution in [0.4, 0.5) is 0 Å². The van der Waals surface area contributed by atoms with Crippen LogP contribution in [-0.4, -0.2) is 11.6 Å². The van der Waals surface area contributed by atoms with Crippen LogP contribution in [0.5, 0.6) is 0 Å². The molecule has 0 bridgehead atoms. The Hall–Kier alpha value is -1.02. The van der Waals surface area contributed by atoms with Crippen LogP contribution < -0.4 is 0 Å². The van der Waals surface area contributed by atoms with Crippen LogP contribution in [0.15, 0.2) is 24.6 Å². The average molecular weight is 184 g/mol. The van der Waals surface area contributed by atoms with E-state index in [-0.39, 0.29) is 0 Å². The number of hydrogen-bond donors (Lipinski definition) is 0. The van der Waals surface area contributed by atoms with Gasteiger partial charge in [0.15, 0.2) is 0 Å². The molecule has 0 aliphatic carbocycles. The third kappa shape index (κ3) is 2.55. The predicted octanol–water partition coefficient (Wildman–Crippen LogP) is 2.74. The van der Waals surface area contributed by atoms with Gasteiger partial charge in [0.1, 0.15) is 5.15 Å². The zero-order chi connectivity index (χ0) is 8.81. The molecule has 1 aromatic rings. The van der Waals surface area contributed by atoms with Crippen molar-refractivity contribution in [2.45, 2.75) is 6.92 Å². The fourth-order valence-electron chi connectivity index (χ4n) is 0.740. The summed E-state index contributed by atoms with van der Waals surface area (Å²) in [6, 6.07) is 3.71. The van der Waals surface area contributed by atoms with Gasteiger partial charge in [0.2, 0.25) is 0 Å². The molecule has 12 heavy (non-hydrogen) atoms. The first kappa shape index (κ1) is 9.07. The maximum atomic E-state index is 5.79. The zero-order valence-corrected chi connectivity index (χ0v) is 7.58. The SMILES string of the molecule is CCOC=Cc1cccnc1Cl. The zero-order valence-electron chi connectivity index (χ0n) is 6.83. The Kier molecular flexibility index (Phi) is 3.61. The molecule has 0 aliphatic rings. The molecule has 0 spiro atoms. The van der Waals surface area contributed by atoms with Crippen LogP contribution in [0.25, 0.3) is 6.08 Å². The van der Waals surface area contributed by atoms with Gasteiger partial charge in [-0.3, -0.25) is 0 Å². The molecule has 0 fully saturated rings. The number of pyridine rings is 1. The molecular formula is C9H10ClNO. The van der Waals surface area contributed by atoms with Gasteiger partial charge in [-0.2, -0.15) is 0 Å². The Morgan fingerprint density at radius 3 is 3.17 bits per heavy atom. The average Bonchev–Trinajstić information content (AvgIpc) is 2.09. The monoisotopic (exact) mass is 183 g/mol. The summed E-state index contributed by atoms with van der Waals surface area (Å²) in [5, 5.41) is 0.494. The summed E-state index contributed by atoms with van der Waals surface area (Å²) in [7, 11) is 0. The van der Waals surface area contributed by atoms with E-state index in [0.717, 1.165) is 5.56 Å². The minimum atomic E-state index is 0.494. The Bertz CT molecular complexity index is 273. The number of aromatic nitrogens is 1. The van der Waals surface area contributed by atoms with Gasteiger partial charge in [0, 0.05) is 11.8 Å². The summed E-state index contributed by atoms with van der Waals surface area (Å²) in [5.41, 5.74) is 0.868. The van der Waals surface area contributed by atoms with Gasteiger partial charge in [0.25, 0.3) is 0 Å². The van der Waals surface area contributed by atoms with E-state index in [4.69, 9.17) is 16.3 Å². The number of nitrogens with zero attached hydrogens (tertiary/aromatic N) is 1. The second-order valence-electron chi connectivity index (χ2n) is 2.14. The topological polar surface area (TPSA) is 22.1 Å². The normalized spacial score (nSPS) is 10.5. The maximum absolute atomic E-state index is 5.79. The summed E-state index contributed by atoms with van der Waals surface area (Å²) in [6.07, 6.45) is 5.06. The van der Waals surface area contributed by atoms with E-state index in [2.05, 4.69) is 4.98 Å². The van der Waals surface area contributed by atoms with Crippen LogP contribution in [0.2, 0.25) is 5.15 Å². The van der Waals surface area contributed by atoms with E-state index >= 15 is 0 Å². The lowest BCUT2D eigenvalue weighted by atomic mass is 10.3. The van der Waals surface area contributed by atoms with Crippen molar-refractivity contribution in [1.29, 1.82) is 0 Å². The molecule has 2 nitrogen and oxygen atoms in total. The first-order valence-corrected chi connectivity index (χ1v) is 4.11. The lowest BCUT2D eigenvalue weighted by Gasteiger charge is -1.95. The Morgan fingerprint density at radius 2 is 2.50 bits per heavy atom. The molecule has 0 saturated carbocycles. The van der Waals surface area contributed by atoms with E-state index in [9.17, 15) is 0 Å². The molecule has 1 rings (SSSR count). The highest BCUT2D eigenvalue weighted by Crippen LogP contribution is 2.12. The summed E-state index contributed by atoms with van der Waals surface area (Å²) in [6.45, 7) is 2.59. The third-order valence-electron chi connectivity index (χ3n) is 1.30. The van der Waals surface area contributed by atoms with Gasteiger partial charge >= 0.3 is 0 Å². The Morgan fingerprint density at radius 1 is 1.67 bits per heavy atom. The third-order valence-corrected chi connectivity index (χ3v) is 1.61. The van der Waals surface area contributed by atoms with E-state index in [1.165, 1.54) is 0 Å². The van der Waals surface area contributed by atoms with Crippen molar-refractivity contribution in [2.75, 3.05) is 6.61 Å². The fourth-order valence-corrected chi connectivity index (χ4v) is 0.923. The first-order chi connectivity index (χ1) is 5.84. The second kappa shape index (κ2) is 4.78. The van der Waals surface area contributed by atoms with Crippen LogP contribution in [0.3, 0.4) is 0 Å². The molecular weight excluding hydrogens is 174 g/mol. The molecule has 1 heterocycles. The summed E-state index contributed by atoms with van der Waals surface area (Å²) >= 11 is 5.79. The molecule has 0 aromatic carbocycles. The number of halogens is 1. The van der Waals surface area contributed by atoms with Gasteiger partial charge < -0.3 is 4.74 Å². The summed E-state index contributed by atoms with van der Waals surface area (Å²) in [4.78, 5) is 3.92. The highest BCUT2D eigenvalue weighted by Gasteiger charge is 1.93. The molecule has 1 aromatic heterocycles. The standard InChI is InChI=1S/C9H10ClNO/c1-2-12-7-5-8-4-3-6-11-9(8)10/h3-7H,2H2,1H3. The molecule has 3 heteroatoms. The van der Waals surface area contributed by atoms with Crippen molar-refractivity contribution in [3.8, 4) is 0 Å². The Balaban J connectivity index is 2.68. The van der Waals surface area contributed by atoms with Crippen LogP contribution in [0, 0.1) is 0 Å². The minimum Gasteiger partial charge on any atom is -0.501 e. The largest absolute Gasteiger partial charge is 0.501 e. The predicted molar refractivity (Wildman–Crippen MR) is 49.9 cm³/mol. The fraction of sp³-hybridized carbons (Fsp3) is 0.222. The molecule has 0 atom stereocenters. The lowest BCUT2D eigenvalue weighted by molar-refractivity contribution is 0.272. The lowest BCUT2D eigenvalue weighted by Crippen LogP contribution is -1.80. The van der Waals surface area contributed by atoms with Crippen molar-refractivity contribution in [1.82, 2.24) is 4.98 Å². The maximum Gasteiger partial charge on any atom is 0.136 e. The molecule has 0 radical (unpaired) electrons. The minimum absolute atomic E-state index is 0.494. The van der Waals surface area contributed by atoms with Crippen molar-refractivity contribution in [3.05, 3.63) is 35.3 Å². The summed E-state index contributed by atoms with van der Waals surface area (Å²) < 4.78 is 5.03. The van der Waals surface area contributed by atoms with E-state index in [1.54, 1.807) is 18.5 Å². The smallest absolute Gasteiger partial charge is 0.136 e.